The Hall–Kier alpha value is -3.47. The molecule has 3 rings (SSSR count). The fraction of sp³-hybridized carbons (Fsp3) is 0.0500. The van der Waals surface area contributed by atoms with E-state index in [0.717, 1.165) is 5.56 Å². The zero-order valence-corrected chi connectivity index (χ0v) is 13.2. The van der Waals surface area contributed by atoms with Crippen LogP contribution in [-0.4, -0.2) is 21.3 Å². The van der Waals surface area contributed by atoms with Gasteiger partial charge in [-0.2, -0.15) is 0 Å². The van der Waals surface area contributed by atoms with Crippen molar-refractivity contribution < 1.29 is 24.9 Å². The van der Waals surface area contributed by atoms with Crippen molar-refractivity contribution in [3.63, 3.8) is 0 Å². The monoisotopic (exact) mass is 336 g/mol. The Labute approximate surface area is 144 Å². The van der Waals surface area contributed by atoms with E-state index in [1.54, 1.807) is 0 Å². The highest BCUT2D eigenvalue weighted by Gasteiger charge is 2.12. The Morgan fingerprint density at radius 1 is 0.760 bits per heavy atom. The molecule has 0 spiro atoms. The summed E-state index contributed by atoms with van der Waals surface area (Å²) in [7, 11) is 0. The number of carbonyl (C=O) groups is 1. The fourth-order valence-corrected chi connectivity index (χ4v) is 2.46. The van der Waals surface area contributed by atoms with Gasteiger partial charge >= 0.3 is 5.97 Å². The SMILES string of the molecule is O=C(OCc1ccccc1)c1cc(O)cc(-c2cc(O)cc(O)c2)c1. The third-order valence-electron chi connectivity index (χ3n) is 3.60. The van der Waals surface area contributed by atoms with Crippen LogP contribution in [0.15, 0.2) is 66.7 Å². The van der Waals surface area contributed by atoms with Gasteiger partial charge in [0.15, 0.2) is 0 Å². The van der Waals surface area contributed by atoms with Crippen molar-refractivity contribution in [3.8, 4) is 28.4 Å². The van der Waals surface area contributed by atoms with Crippen LogP contribution < -0.4 is 0 Å². The van der Waals surface area contributed by atoms with Crippen molar-refractivity contribution >= 4 is 5.97 Å². The number of aromatic hydroxyl groups is 3. The number of rotatable bonds is 4. The predicted octanol–water partition coefficient (Wildman–Crippen LogP) is 3.83. The second kappa shape index (κ2) is 6.97. The number of ether oxygens (including phenoxy) is 1. The van der Waals surface area contributed by atoms with Crippen molar-refractivity contribution in [2.75, 3.05) is 0 Å². The summed E-state index contributed by atoms with van der Waals surface area (Å²) in [6.07, 6.45) is 0. The molecule has 0 saturated heterocycles. The molecule has 0 atom stereocenters. The largest absolute Gasteiger partial charge is 0.508 e. The first-order valence-electron chi connectivity index (χ1n) is 7.60. The molecule has 0 heterocycles. The molecule has 3 N–H and O–H groups in total. The van der Waals surface area contributed by atoms with E-state index in [1.807, 2.05) is 30.3 Å². The molecular weight excluding hydrogens is 320 g/mol. The van der Waals surface area contributed by atoms with Gasteiger partial charge in [0, 0.05) is 6.07 Å². The molecule has 0 aliphatic rings. The Morgan fingerprint density at radius 2 is 1.32 bits per heavy atom. The summed E-state index contributed by atoms with van der Waals surface area (Å²) in [5.41, 5.74) is 1.96. The third-order valence-corrected chi connectivity index (χ3v) is 3.60. The molecule has 5 heteroatoms. The first-order valence-corrected chi connectivity index (χ1v) is 7.60. The third kappa shape index (κ3) is 4.09. The van der Waals surface area contributed by atoms with Crippen LogP contribution >= 0.6 is 0 Å². The summed E-state index contributed by atoms with van der Waals surface area (Å²) in [6, 6.07) is 17.6. The van der Waals surface area contributed by atoms with Crippen LogP contribution in [0.5, 0.6) is 17.2 Å². The Morgan fingerprint density at radius 3 is 1.96 bits per heavy atom. The van der Waals surface area contributed by atoms with Gasteiger partial charge in [-0.15, -0.1) is 0 Å². The second-order valence-corrected chi connectivity index (χ2v) is 5.57. The molecule has 0 fully saturated rings. The quantitative estimate of drug-likeness (QED) is 0.630. The van der Waals surface area contributed by atoms with Gasteiger partial charge in [-0.1, -0.05) is 30.3 Å². The molecule has 0 unspecified atom stereocenters. The first kappa shape index (κ1) is 16.4. The zero-order chi connectivity index (χ0) is 17.8. The van der Waals surface area contributed by atoms with Crippen molar-refractivity contribution in [1.82, 2.24) is 0 Å². The number of hydrogen-bond donors (Lipinski definition) is 3. The van der Waals surface area contributed by atoms with E-state index < -0.39 is 5.97 Å². The van der Waals surface area contributed by atoms with Crippen LogP contribution in [0.1, 0.15) is 15.9 Å². The lowest BCUT2D eigenvalue weighted by molar-refractivity contribution is 0.0472. The highest BCUT2D eigenvalue weighted by molar-refractivity contribution is 5.92. The Bertz CT molecular complexity index is 883. The van der Waals surface area contributed by atoms with E-state index in [4.69, 9.17) is 4.74 Å². The Balaban J connectivity index is 1.84. The van der Waals surface area contributed by atoms with Crippen LogP contribution in [0.25, 0.3) is 11.1 Å². The second-order valence-electron chi connectivity index (χ2n) is 5.57. The minimum absolute atomic E-state index is 0.119. The highest BCUT2D eigenvalue weighted by Crippen LogP contribution is 2.31. The van der Waals surface area contributed by atoms with Crippen LogP contribution in [-0.2, 0) is 11.3 Å². The molecule has 126 valence electrons. The minimum atomic E-state index is -0.578. The average molecular weight is 336 g/mol. The van der Waals surface area contributed by atoms with E-state index in [0.29, 0.717) is 11.1 Å². The molecule has 0 aliphatic heterocycles. The molecule has 3 aromatic rings. The molecule has 3 aromatic carbocycles. The summed E-state index contributed by atoms with van der Waals surface area (Å²) < 4.78 is 5.26. The molecule has 0 amide bonds. The summed E-state index contributed by atoms with van der Waals surface area (Å²) in [4.78, 5) is 12.3. The predicted molar refractivity (Wildman–Crippen MR) is 92.4 cm³/mol. The molecule has 0 aromatic heterocycles. The number of benzene rings is 3. The number of phenolic OH excluding ortho intramolecular Hbond substituents is 3. The van der Waals surface area contributed by atoms with E-state index in [1.165, 1.54) is 36.4 Å². The maximum Gasteiger partial charge on any atom is 0.338 e. The first-order chi connectivity index (χ1) is 12.0. The van der Waals surface area contributed by atoms with Crippen molar-refractivity contribution in [3.05, 3.63) is 77.9 Å². The van der Waals surface area contributed by atoms with Gasteiger partial charge in [0.2, 0.25) is 0 Å². The minimum Gasteiger partial charge on any atom is -0.508 e. The van der Waals surface area contributed by atoms with Crippen LogP contribution in [0.2, 0.25) is 0 Å². The van der Waals surface area contributed by atoms with E-state index in [9.17, 15) is 20.1 Å². The zero-order valence-electron chi connectivity index (χ0n) is 13.2. The van der Waals surface area contributed by atoms with Crippen LogP contribution in [0.3, 0.4) is 0 Å². The lowest BCUT2D eigenvalue weighted by Crippen LogP contribution is -2.05. The van der Waals surface area contributed by atoms with Crippen molar-refractivity contribution in [2.45, 2.75) is 6.61 Å². The van der Waals surface area contributed by atoms with Gasteiger partial charge in [-0.25, -0.2) is 4.79 Å². The van der Waals surface area contributed by atoms with Crippen LogP contribution in [0.4, 0.5) is 0 Å². The summed E-state index contributed by atoms with van der Waals surface area (Å²) in [6.45, 7) is 0.123. The molecule has 0 aliphatic carbocycles. The smallest absolute Gasteiger partial charge is 0.338 e. The lowest BCUT2D eigenvalue weighted by atomic mass is 10.0. The van der Waals surface area contributed by atoms with Gasteiger partial charge in [-0.05, 0) is 47.0 Å². The van der Waals surface area contributed by atoms with Gasteiger partial charge < -0.3 is 20.1 Å². The highest BCUT2D eigenvalue weighted by atomic mass is 16.5. The standard InChI is InChI=1S/C20H16O5/c21-17-7-14(15-8-18(22)11-19(23)9-15)6-16(10-17)20(24)25-12-13-4-2-1-3-5-13/h1-11,21-23H,12H2. The molecule has 0 saturated carbocycles. The molecule has 25 heavy (non-hydrogen) atoms. The molecule has 0 bridgehead atoms. The van der Waals surface area contributed by atoms with Crippen LogP contribution in [0, 0.1) is 0 Å². The maximum absolute atomic E-state index is 12.3. The molecule has 0 radical (unpaired) electrons. The van der Waals surface area contributed by atoms with Crippen molar-refractivity contribution in [2.24, 2.45) is 0 Å². The topological polar surface area (TPSA) is 87.0 Å². The van der Waals surface area contributed by atoms with Crippen molar-refractivity contribution in [1.29, 1.82) is 0 Å². The van der Waals surface area contributed by atoms with Gasteiger partial charge in [0.05, 0.1) is 5.56 Å². The number of esters is 1. The summed E-state index contributed by atoms with van der Waals surface area (Å²) in [5, 5.41) is 29.1. The maximum atomic E-state index is 12.3. The fourth-order valence-electron chi connectivity index (χ4n) is 2.46. The number of carbonyl (C=O) groups excluding carboxylic acids is 1. The van der Waals surface area contributed by atoms with E-state index in [2.05, 4.69) is 0 Å². The van der Waals surface area contributed by atoms with Gasteiger partial charge in [0.1, 0.15) is 23.9 Å². The van der Waals surface area contributed by atoms with E-state index in [-0.39, 0.29) is 29.4 Å². The number of phenols is 3. The Kier molecular flexibility index (Phi) is 4.57. The summed E-state index contributed by atoms with van der Waals surface area (Å²) >= 11 is 0. The summed E-state index contributed by atoms with van der Waals surface area (Å²) in [5.74, 6) is -0.935. The number of hydrogen-bond acceptors (Lipinski definition) is 5. The van der Waals surface area contributed by atoms with Gasteiger partial charge in [0.25, 0.3) is 0 Å². The normalized spacial score (nSPS) is 10.4. The lowest BCUT2D eigenvalue weighted by Gasteiger charge is -2.09. The molecule has 5 nitrogen and oxygen atoms in total. The van der Waals surface area contributed by atoms with Gasteiger partial charge in [-0.3, -0.25) is 0 Å². The molecular formula is C20H16O5. The average Bonchev–Trinajstić information content (AvgIpc) is 2.59. The van der Waals surface area contributed by atoms with E-state index >= 15 is 0 Å².